The number of amides is 2. The summed E-state index contributed by atoms with van der Waals surface area (Å²) in [7, 11) is 0. The highest BCUT2D eigenvalue weighted by atomic mass is 35.5. The molecule has 1 heterocycles. The highest BCUT2D eigenvalue weighted by molar-refractivity contribution is 8.04. The van der Waals surface area contributed by atoms with Gasteiger partial charge in [-0.3, -0.25) is 14.5 Å². The third kappa shape index (κ3) is 4.92. The van der Waals surface area contributed by atoms with E-state index >= 15 is 0 Å². The third-order valence-electron chi connectivity index (χ3n) is 4.72. The van der Waals surface area contributed by atoms with E-state index in [0.717, 1.165) is 21.6 Å². The van der Waals surface area contributed by atoms with Crippen LogP contribution >= 0.6 is 23.4 Å². The Morgan fingerprint density at radius 1 is 1.00 bits per heavy atom. The number of ether oxygens (including phenoxy) is 1. The number of imide groups is 1. The fraction of sp³-hybridized carbons (Fsp3) is 0.304. The van der Waals surface area contributed by atoms with Crippen LogP contribution < -0.4 is 0 Å². The lowest BCUT2D eigenvalue weighted by Crippen LogP contribution is -2.35. The van der Waals surface area contributed by atoms with E-state index in [9.17, 15) is 9.59 Å². The number of thioether (sulfide) groups is 1. The van der Waals surface area contributed by atoms with Crippen molar-refractivity contribution in [2.75, 3.05) is 13.2 Å². The molecule has 0 radical (unpaired) electrons. The van der Waals surface area contributed by atoms with Crippen LogP contribution in [-0.4, -0.2) is 36.0 Å². The van der Waals surface area contributed by atoms with Gasteiger partial charge in [-0.1, -0.05) is 41.6 Å². The van der Waals surface area contributed by atoms with Crippen molar-refractivity contribution in [1.82, 2.24) is 4.90 Å². The van der Waals surface area contributed by atoms with Crippen molar-refractivity contribution in [2.24, 2.45) is 0 Å². The summed E-state index contributed by atoms with van der Waals surface area (Å²) >= 11 is 7.27. The Bertz CT molecular complexity index is 967. The van der Waals surface area contributed by atoms with Gasteiger partial charge in [-0.05, 0) is 68.7 Å². The summed E-state index contributed by atoms with van der Waals surface area (Å²) in [6.07, 6.45) is 0.0397. The van der Waals surface area contributed by atoms with E-state index in [1.165, 1.54) is 16.7 Å². The Labute approximate surface area is 180 Å². The van der Waals surface area contributed by atoms with Crippen molar-refractivity contribution in [3.05, 3.63) is 69.1 Å². The molecule has 0 bridgehead atoms. The average molecular weight is 430 g/mol. The molecule has 152 valence electrons. The molecule has 1 aliphatic rings. The van der Waals surface area contributed by atoms with Crippen molar-refractivity contribution in [3.8, 4) is 0 Å². The van der Waals surface area contributed by atoms with Gasteiger partial charge in [-0.15, -0.1) is 0 Å². The predicted octanol–water partition coefficient (Wildman–Crippen LogP) is 5.25. The number of hydrogen-bond acceptors (Lipinski definition) is 4. The summed E-state index contributed by atoms with van der Waals surface area (Å²) in [5.41, 5.74) is 3.42. The van der Waals surface area contributed by atoms with E-state index in [4.69, 9.17) is 16.3 Å². The van der Waals surface area contributed by atoms with E-state index in [1.54, 1.807) is 12.1 Å². The van der Waals surface area contributed by atoms with Crippen molar-refractivity contribution < 1.29 is 14.3 Å². The SMILES string of the molecule is Cc1ccc(C2=C(Sc3ccc(Cl)cc3)C(=O)N(CCOC(C)C)C2=O)cc1C. The maximum absolute atomic E-state index is 13.2. The van der Waals surface area contributed by atoms with E-state index < -0.39 is 0 Å². The Balaban J connectivity index is 1.98. The molecular formula is C23H24ClNO3S. The normalized spacial score (nSPS) is 14.5. The molecule has 1 aliphatic heterocycles. The van der Waals surface area contributed by atoms with Crippen LogP contribution in [0.15, 0.2) is 52.3 Å². The lowest BCUT2D eigenvalue weighted by molar-refractivity contribution is -0.137. The Morgan fingerprint density at radius 3 is 2.31 bits per heavy atom. The summed E-state index contributed by atoms with van der Waals surface area (Å²) in [4.78, 5) is 28.9. The van der Waals surface area contributed by atoms with Crippen LogP contribution in [0.2, 0.25) is 5.02 Å². The molecule has 0 N–H and O–H groups in total. The van der Waals surface area contributed by atoms with Crippen LogP contribution in [0, 0.1) is 13.8 Å². The van der Waals surface area contributed by atoms with Crippen molar-refractivity contribution in [1.29, 1.82) is 0 Å². The first kappa shape index (κ1) is 21.6. The highest BCUT2D eigenvalue weighted by Crippen LogP contribution is 2.40. The molecule has 29 heavy (non-hydrogen) atoms. The number of carbonyl (C=O) groups is 2. The van der Waals surface area contributed by atoms with Gasteiger partial charge in [0.05, 0.1) is 29.7 Å². The molecule has 0 saturated heterocycles. The Hall–Kier alpha value is -2.08. The number of hydrogen-bond donors (Lipinski definition) is 0. The topological polar surface area (TPSA) is 46.6 Å². The summed E-state index contributed by atoms with van der Waals surface area (Å²) in [6.45, 7) is 8.42. The molecule has 0 spiro atoms. The van der Waals surface area contributed by atoms with Crippen LogP contribution in [0.25, 0.3) is 5.57 Å². The van der Waals surface area contributed by atoms with Crippen molar-refractivity contribution >= 4 is 40.8 Å². The molecule has 0 saturated carbocycles. The highest BCUT2D eigenvalue weighted by Gasteiger charge is 2.39. The standard InChI is InChI=1S/C23H24ClNO3S/c1-14(2)28-12-11-25-22(26)20(17-6-5-15(3)16(4)13-17)21(23(25)27)29-19-9-7-18(24)8-10-19/h5-10,13-14H,11-12H2,1-4H3. The van der Waals surface area contributed by atoms with E-state index in [-0.39, 0.29) is 24.5 Å². The quantitative estimate of drug-likeness (QED) is 0.563. The second-order valence-corrected chi connectivity index (χ2v) is 8.76. The van der Waals surface area contributed by atoms with Crippen LogP contribution in [0.4, 0.5) is 0 Å². The van der Waals surface area contributed by atoms with Crippen LogP contribution in [0.1, 0.15) is 30.5 Å². The molecule has 2 aromatic rings. The largest absolute Gasteiger partial charge is 0.377 e. The number of aryl methyl sites for hydroxylation is 2. The zero-order valence-corrected chi connectivity index (χ0v) is 18.6. The number of halogens is 1. The molecule has 0 atom stereocenters. The molecule has 0 fully saturated rings. The van der Waals surface area contributed by atoms with Gasteiger partial charge in [0.15, 0.2) is 0 Å². The van der Waals surface area contributed by atoms with Gasteiger partial charge in [-0.25, -0.2) is 0 Å². The molecule has 0 unspecified atom stereocenters. The monoisotopic (exact) mass is 429 g/mol. The maximum atomic E-state index is 13.2. The smallest absolute Gasteiger partial charge is 0.268 e. The second kappa shape index (κ2) is 9.16. The van der Waals surface area contributed by atoms with Gasteiger partial charge in [-0.2, -0.15) is 0 Å². The molecule has 0 aromatic heterocycles. The Kier molecular flexibility index (Phi) is 6.83. The molecule has 3 rings (SSSR count). The molecule has 6 heteroatoms. The number of rotatable bonds is 7. The van der Waals surface area contributed by atoms with Crippen LogP contribution in [0.3, 0.4) is 0 Å². The van der Waals surface area contributed by atoms with Gasteiger partial charge >= 0.3 is 0 Å². The van der Waals surface area contributed by atoms with E-state index in [0.29, 0.717) is 22.1 Å². The van der Waals surface area contributed by atoms with Gasteiger partial charge < -0.3 is 4.74 Å². The van der Waals surface area contributed by atoms with Crippen molar-refractivity contribution in [2.45, 2.75) is 38.7 Å². The summed E-state index contributed by atoms with van der Waals surface area (Å²) in [5, 5.41) is 0.624. The molecule has 2 aromatic carbocycles. The van der Waals surface area contributed by atoms with Crippen LogP contribution in [0.5, 0.6) is 0 Å². The first-order valence-corrected chi connectivity index (χ1v) is 10.7. The van der Waals surface area contributed by atoms with Crippen LogP contribution in [-0.2, 0) is 14.3 Å². The lowest BCUT2D eigenvalue weighted by atomic mass is 10.0. The second-order valence-electron chi connectivity index (χ2n) is 7.24. The van der Waals surface area contributed by atoms with E-state index in [2.05, 4.69) is 0 Å². The molecule has 4 nitrogen and oxygen atoms in total. The number of carbonyl (C=O) groups excluding carboxylic acids is 2. The Morgan fingerprint density at radius 2 is 1.69 bits per heavy atom. The first-order chi connectivity index (χ1) is 13.8. The van der Waals surface area contributed by atoms with Gasteiger partial charge in [0, 0.05) is 9.92 Å². The summed E-state index contributed by atoms with van der Waals surface area (Å²) in [6, 6.07) is 13.1. The lowest BCUT2D eigenvalue weighted by Gasteiger charge is -2.16. The third-order valence-corrected chi connectivity index (χ3v) is 6.06. The van der Waals surface area contributed by atoms with E-state index in [1.807, 2.05) is 58.0 Å². The minimum Gasteiger partial charge on any atom is -0.377 e. The fourth-order valence-electron chi connectivity index (χ4n) is 3.00. The predicted molar refractivity (Wildman–Crippen MR) is 118 cm³/mol. The van der Waals surface area contributed by atoms with Gasteiger partial charge in [0.25, 0.3) is 11.8 Å². The number of benzene rings is 2. The van der Waals surface area contributed by atoms with Gasteiger partial charge in [0.1, 0.15) is 0 Å². The fourth-order valence-corrected chi connectivity index (χ4v) is 4.14. The first-order valence-electron chi connectivity index (χ1n) is 9.51. The molecule has 0 aliphatic carbocycles. The minimum atomic E-state index is -0.282. The maximum Gasteiger partial charge on any atom is 0.268 e. The minimum absolute atomic E-state index is 0.0397. The average Bonchev–Trinajstić information content (AvgIpc) is 2.90. The van der Waals surface area contributed by atoms with Gasteiger partial charge in [0.2, 0.25) is 0 Å². The summed E-state index contributed by atoms with van der Waals surface area (Å²) in [5.74, 6) is -0.558. The zero-order chi connectivity index (χ0) is 21.1. The van der Waals surface area contributed by atoms with Crippen molar-refractivity contribution in [3.63, 3.8) is 0 Å². The summed E-state index contributed by atoms with van der Waals surface area (Å²) < 4.78 is 5.56. The zero-order valence-electron chi connectivity index (χ0n) is 17.0. The molecule has 2 amide bonds. The number of nitrogens with zero attached hydrogens (tertiary/aromatic N) is 1. The molecular weight excluding hydrogens is 406 g/mol.